The average Bonchev–Trinajstić information content (AvgIpc) is 2.29. The van der Waals surface area contributed by atoms with Gasteiger partial charge in [-0.2, -0.15) is 0 Å². The predicted molar refractivity (Wildman–Crippen MR) is 60.3 cm³/mol. The van der Waals surface area contributed by atoms with Crippen molar-refractivity contribution in [2.24, 2.45) is 0 Å². The number of hydrogen-bond acceptors (Lipinski definition) is 3. The Balaban J connectivity index is 3.03. The van der Waals surface area contributed by atoms with Crippen molar-refractivity contribution >= 4 is 5.97 Å². The SMILES string of the molecule is CCC(C)Oc1ccc(OC)cc1C(=O)O. The smallest absolute Gasteiger partial charge is 0.339 e. The third-order valence-electron chi connectivity index (χ3n) is 2.32. The summed E-state index contributed by atoms with van der Waals surface area (Å²) in [4.78, 5) is 11.0. The Bertz CT molecular complexity index is 373. The van der Waals surface area contributed by atoms with Crippen molar-refractivity contribution in [3.05, 3.63) is 23.8 Å². The average molecular weight is 224 g/mol. The molecule has 16 heavy (non-hydrogen) atoms. The molecular weight excluding hydrogens is 208 g/mol. The van der Waals surface area contributed by atoms with Crippen LogP contribution in [0.4, 0.5) is 0 Å². The van der Waals surface area contributed by atoms with Gasteiger partial charge in [0.2, 0.25) is 0 Å². The summed E-state index contributed by atoms with van der Waals surface area (Å²) >= 11 is 0. The second-order valence-electron chi connectivity index (χ2n) is 3.50. The first kappa shape index (κ1) is 12.4. The van der Waals surface area contributed by atoms with Crippen molar-refractivity contribution in [1.29, 1.82) is 0 Å². The number of carboxylic acid groups (broad SMARTS) is 1. The standard InChI is InChI=1S/C12H16O4/c1-4-8(2)16-11-6-5-9(15-3)7-10(11)12(13)14/h5-8H,4H2,1-3H3,(H,13,14). The summed E-state index contributed by atoms with van der Waals surface area (Å²) in [7, 11) is 1.50. The maximum absolute atomic E-state index is 11.0. The Morgan fingerprint density at radius 1 is 1.50 bits per heavy atom. The second kappa shape index (κ2) is 5.39. The highest BCUT2D eigenvalue weighted by Gasteiger charge is 2.14. The number of ether oxygens (including phenoxy) is 2. The lowest BCUT2D eigenvalue weighted by atomic mass is 10.2. The molecule has 1 atom stereocenters. The van der Waals surface area contributed by atoms with E-state index in [0.29, 0.717) is 11.5 Å². The maximum atomic E-state index is 11.0. The van der Waals surface area contributed by atoms with Crippen molar-refractivity contribution in [3.8, 4) is 11.5 Å². The molecule has 0 bridgehead atoms. The molecule has 0 aliphatic heterocycles. The molecule has 0 radical (unpaired) electrons. The summed E-state index contributed by atoms with van der Waals surface area (Å²) in [6, 6.07) is 4.76. The fourth-order valence-electron chi connectivity index (χ4n) is 1.21. The second-order valence-corrected chi connectivity index (χ2v) is 3.50. The molecule has 0 fully saturated rings. The molecule has 0 saturated carbocycles. The molecule has 0 saturated heterocycles. The van der Waals surface area contributed by atoms with Crippen LogP contribution in [-0.2, 0) is 0 Å². The van der Waals surface area contributed by atoms with Gasteiger partial charge in [-0.1, -0.05) is 6.92 Å². The normalized spacial score (nSPS) is 11.9. The van der Waals surface area contributed by atoms with Gasteiger partial charge in [0, 0.05) is 0 Å². The van der Waals surface area contributed by atoms with E-state index < -0.39 is 5.97 Å². The van der Waals surface area contributed by atoms with E-state index in [4.69, 9.17) is 14.6 Å². The number of carbonyl (C=O) groups is 1. The van der Waals surface area contributed by atoms with Crippen molar-refractivity contribution in [1.82, 2.24) is 0 Å². The summed E-state index contributed by atoms with van der Waals surface area (Å²) in [6.45, 7) is 3.88. The molecule has 1 aromatic rings. The Morgan fingerprint density at radius 3 is 2.69 bits per heavy atom. The molecule has 1 N–H and O–H groups in total. The molecule has 0 amide bonds. The Kier molecular flexibility index (Phi) is 4.17. The van der Waals surface area contributed by atoms with Crippen LogP contribution in [0, 0.1) is 0 Å². The van der Waals surface area contributed by atoms with Gasteiger partial charge in [0.25, 0.3) is 0 Å². The van der Waals surface area contributed by atoms with Crippen LogP contribution in [0.3, 0.4) is 0 Å². The Morgan fingerprint density at radius 2 is 2.19 bits per heavy atom. The zero-order valence-corrected chi connectivity index (χ0v) is 9.69. The molecule has 1 rings (SSSR count). The minimum Gasteiger partial charge on any atom is -0.497 e. The molecule has 0 heterocycles. The highest BCUT2D eigenvalue weighted by molar-refractivity contribution is 5.91. The van der Waals surface area contributed by atoms with Gasteiger partial charge in [0.1, 0.15) is 17.1 Å². The molecule has 0 aliphatic carbocycles. The first-order valence-electron chi connectivity index (χ1n) is 5.16. The first-order chi connectivity index (χ1) is 7.58. The van der Waals surface area contributed by atoms with E-state index in [0.717, 1.165) is 6.42 Å². The molecular formula is C12H16O4. The van der Waals surface area contributed by atoms with Crippen molar-refractivity contribution in [3.63, 3.8) is 0 Å². The lowest BCUT2D eigenvalue weighted by molar-refractivity contribution is 0.0689. The zero-order chi connectivity index (χ0) is 12.1. The highest BCUT2D eigenvalue weighted by Crippen LogP contribution is 2.25. The number of methoxy groups -OCH3 is 1. The largest absolute Gasteiger partial charge is 0.497 e. The van der Waals surface area contributed by atoms with Crippen LogP contribution in [0.5, 0.6) is 11.5 Å². The van der Waals surface area contributed by atoms with Crippen molar-refractivity contribution in [2.45, 2.75) is 26.4 Å². The van der Waals surface area contributed by atoms with E-state index in [9.17, 15) is 4.79 Å². The summed E-state index contributed by atoms with van der Waals surface area (Å²) in [6.07, 6.45) is 0.817. The van der Waals surface area contributed by atoms with Crippen LogP contribution < -0.4 is 9.47 Å². The Hall–Kier alpha value is -1.71. The van der Waals surface area contributed by atoms with Crippen molar-refractivity contribution < 1.29 is 19.4 Å². The van der Waals surface area contributed by atoms with Crippen LogP contribution >= 0.6 is 0 Å². The van der Waals surface area contributed by atoms with Crippen molar-refractivity contribution in [2.75, 3.05) is 7.11 Å². The molecule has 4 nitrogen and oxygen atoms in total. The van der Waals surface area contributed by atoms with E-state index in [1.54, 1.807) is 12.1 Å². The van der Waals surface area contributed by atoms with Gasteiger partial charge in [0.15, 0.2) is 0 Å². The molecule has 1 aromatic carbocycles. The van der Waals surface area contributed by atoms with Gasteiger partial charge < -0.3 is 14.6 Å². The molecule has 88 valence electrons. The topological polar surface area (TPSA) is 55.8 Å². The van der Waals surface area contributed by atoms with E-state index in [1.807, 2.05) is 13.8 Å². The number of benzene rings is 1. The monoisotopic (exact) mass is 224 g/mol. The molecule has 0 spiro atoms. The fraction of sp³-hybridized carbons (Fsp3) is 0.417. The van der Waals surface area contributed by atoms with Gasteiger partial charge in [-0.25, -0.2) is 4.79 Å². The summed E-state index contributed by atoms with van der Waals surface area (Å²) in [5.74, 6) is -0.131. The number of carboxylic acids is 1. The van der Waals surface area contributed by atoms with E-state index in [1.165, 1.54) is 13.2 Å². The van der Waals surface area contributed by atoms with E-state index in [-0.39, 0.29) is 11.7 Å². The minimum absolute atomic E-state index is 0.00788. The quantitative estimate of drug-likeness (QED) is 0.835. The number of hydrogen-bond donors (Lipinski definition) is 1. The summed E-state index contributed by atoms with van der Waals surface area (Å²) in [5, 5.41) is 9.04. The van der Waals surface area contributed by atoms with Crippen LogP contribution in [0.25, 0.3) is 0 Å². The number of rotatable bonds is 5. The van der Waals surface area contributed by atoms with E-state index in [2.05, 4.69) is 0 Å². The predicted octanol–water partition coefficient (Wildman–Crippen LogP) is 2.57. The van der Waals surface area contributed by atoms with Crippen LogP contribution in [0.15, 0.2) is 18.2 Å². The third kappa shape index (κ3) is 2.89. The third-order valence-corrected chi connectivity index (χ3v) is 2.32. The summed E-state index contributed by atoms with van der Waals surface area (Å²) in [5.41, 5.74) is 0.125. The van der Waals surface area contributed by atoms with E-state index >= 15 is 0 Å². The van der Waals surface area contributed by atoms with Gasteiger partial charge in [-0.3, -0.25) is 0 Å². The van der Waals surface area contributed by atoms with Crippen LogP contribution in [-0.4, -0.2) is 24.3 Å². The Labute approximate surface area is 94.8 Å². The lowest BCUT2D eigenvalue weighted by Gasteiger charge is -2.15. The minimum atomic E-state index is -1.02. The highest BCUT2D eigenvalue weighted by atomic mass is 16.5. The van der Waals surface area contributed by atoms with Gasteiger partial charge in [0.05, 0.1) is 13.2 Å². The molecule has 0 aliphatic rings. The fourth-order valence-corrected chi connectivity index (χ4v) is 1.21. The first-order valence-corrected chi connectivity index (χ1v) is 5.16. The zero-order valence-electron chi connectivity index (χ0n) is 9.69. The number of aromatic carboxylic acids is 1. The molecule has 0 aromatic heterocycles. The van der Waals surface area contributed by atoms with Gasteiger partial charge in [-0.15, -0.1) is 0 Å². The maximum Gasteiger partial charge on any atom is 0.339 e. The summed E-state index contributed by atoms with van der Waals surface area (Å²) < 4.78 is 10.5. The molecule has 1 unspecified atom stereocenters. The van der Waals surface area contributed by atoms with Crippen LogP contribution in [0.2, 0.25) is 0 Å². The van der Waals surface area contributed by atoms with Crippen LogP contribution in [0.1, 0.15) is 30.6 Å². The molecule has 4 heteroatoms. The lowest BCUT2D eigenvalue weighted by Crippen LogP contribution is -2.12. The van der Waals surface area contributed by atoms with Gasteiger partial charge in [-0.05, 0) is 31.5 Å². The van der Waals surface area contributed by atoms with Gasteiger partial charge >= 0.3 is 5.97 Å².